The van der Waals surface area contributed by atoms with Gasteiger partial charge in [-0.25, -0.2) is 4.98 Å². The Kier molecular flexibility index (Phi) is 5.09. The fourth-order valence-electron chi connectivity index (χ4n) is 1.31. The van der Waals surface area contributed by atoms with E-state index in [-0.39, 0.29) is 4.75 Å². The molecule has 0 aliphatic heterocycles. The van der Waals surface area contributed by atoms with E-state index < -0.39 is 0 Å². The number of ether oxygens (including phenoxy) is 1. The molecule has 1 heterocycles. The molecule has 3 nitrogen and oxygen atoms in total. The first kappa shape index (κ1) is 13.3. The van der Waals surface area contributed by atoms with E-state index in [1.165, 1.54) is 0 Å². The molecule has 90 valence electrons. The molecule has 0 amide bonds. The van der Waals surface area contributed by atoms with Crippen LogP contribution in [0, 0.1) is 0 Å². The first-order valence-corrected chi connectivity index (χ1v) is 6.55. The Morgan fingerprint density at radius 1 is 1.50 bits per heavy atom. The van der Waals surface area contributed by atoms with Gasteiger partial charge in [0, 0.05) is 29.6 Å². The second-order valence-corrected chi connectivity index (χ2v) is 5.75. The van der Waals surface area contributed by atoms with Crippen molar-refractivity contribution in [2.75, 3.05) is 19.9 Å². The third-order valence-corrected chi connectivity index (χ3v) is 3.71. The van der Waals surface area contributed by atoms with Crippen LogP contribution >= 0.6 is 11.8 Å². The fourth-order valence-corrected chi connectivity index (χ4v) is 1.56. The molecule has 0 aliphatic carbocycles. The first-order valence-electron chi connectivity index (χ1n) is 5.33. The van der Waals surface area contributed by atoms with Crippen molar-refractivity contribution in [1.82, 2.24) is 10.3 Å². The zero-order chi connectivity index (χ0) is 12.0. The van der Waals surface area contributed by atoms with Gasteiger partial charge in [0.05, 0.1) is 7.11 Å². The predicted octanol–water partition coefficient (Wildman–Crippen LogP) is 2.32. The van der Waals surface area contributed by atoms with Gasteiger partial charge >= 0.3 is 0 Å². The third-order valence-electron chi connectivity index (χ3n) is 2.46. The van der Waals surface area contributed by atoms with Crippen molar-refractivity contribution in [2.24, 2.45) is 0 Å². The molecule has 1 aromatic rings. The number of pyridine rings is 1. The summed E-state index contributed by atoms with van der Waals surface area (Å²) in [5, 5.41) is 3.43. The van der Waals surface area contributed by atoms with E-state index in [2.05, 4.69) is 30.4 Å². The SMILES string of the molecule is COc1ncccc1CNCC(C)(C)SC. The number of aromatic nitrogens is 1. The average molecular weight is 240 g/mol. The maximum Gasteiger partial charge on any atom is 0.217 e. The minimum atomic E-state index is 0.259. The molecular weight excluding hydrogens is 220 g/mol. The normalized spacial score (nSPS) is 11.5. The Hall–Kier alpha value is -0.740. The van der Waals surface area contributed by atoms with Gasteiger partial charge in [0.2, 0.25) is 5.88 Å². The largest absolute Gasteiger partial charge is 0.481 e. The van der Waals surface area contributed by atoms with Gasteiger partial charge in [-0.2, -0.15) is 11.8 Å². The van der Waals surface area contributed by atoms with E-state index in [9.17, 15) is 0 Å². The number of hydrogen-bond donors (Lipinski definition) is 1. The highest BCUT2D eigenvalue weighted by molar-refractivity contribution is 7.99. The molecule has 0 spiro atoms. The van der Waals surface area contributed by atoms with Gasteiger partial charge in [0.1, 0.15) is 0 Å². The number of hydrogen-bond acceptors (Lipinski definition) is 4. The van der Waals surface area contributed by atoms with E-state index in [0.29, 0.717) is 5.88 Å². The summed E-state index contributed by atoms with van der Waals surface area (Å²) < 4.78 is 5.46. The van der Waals surface area contributed by atoms with Gasteiger partial charge in [-0.15, -0.1) is 0 Å². The van der Waals surface area contributed by atoms with E-state index in [1.807, 2.05) is 23.9 Å². The van der Waals surface area contributed by atoms with Gasteiger partial charge in [-0.1, -0.05) is 6.07 Å². The summed E-state index contributed by atoms with van der Waals surface area (Å²) in [5.74, 6) is 0.706. The minimum Gasteiger partial charge on any atom is -0.481 e. The van der Waals surface area contributed by atoms with Crippen LogP contribution in [-0.2, 0) is 6.54 Å². The lowest BCUT2D eigenvalue weighted by molar-refractivity contribution is 0.390. The molecule has 0 atom stereocenters. The summed E-state index contributed by atoms with van der Waals surface area (Å²) in [5.41, 5.74) is 1.10. The Balaban J connectivity index is 2.49. The van der Waals surface area contributed by atoms with E-state index in [1.54, 1.807) is 13.3 Å². The molecule has 0 fully saturated rings. The molecule has 0 radical (unpaired) electrons. The zero-order valence-corrected chi connectivity index (χ0v) is 11.2. The van der Waals surface area contributed by atoms with Crippen LogP contribution in [0.1, 0.15) is 19.4 Å². The van der Waals surface area contributed by atoms with Crippen molar-refractivity contribution < 1.29 is 4.74 Å². The highest BCUT2D eigenvalue weighted by Crippen LogP contribution is 2.20. The standard InChI is InChI=1S/C12H20N2OS/c1-12(2,16-4)9-13-8-10-6-5-7-14-11(10)15-3/h5-7,13H,8-9H2,1-4H3. The molecule has 0 aromatic carbocycles. The number of nitrogens with one attached hydrogen (secondary N) is 1. The summed E-state index contributed by atoms with van der Waals surface area (Å²) in [6.45, 7) is 6.21. The Morgan fingerprint density at radius 2 is 2.25 bits per heavy atom. The van der Waals surface area contributed by atoms with Crippen LogP contribution in [0.5, 0.6) is 5.88 Å². The van der Waals surface area contributed by atoms with Gasteiger partial charge < -0.3 is 10.1 Å². The first-order chi connectivity index (χ1) is 7.59. The highest BCUT2D eigenvalue weighted by atomic mass is 32.2. The fraction of sp³-hybridized carbons (Fsp3) is 0.583. The maximum atomic E-state index is 5.20. The Bertz CT molecular complexity index is 329. The predicted molar refractivity (Wildman–Crippen MR) is 70.1 cm³/mol. The molecule has 0 saturated carbocycles. The summed E-state index contributed by atoms with van der Waals surface area (Å²) >= 11 is 1.86. The summed E-state index contributed by atoms with van der Waals surface area (Å²) in [7, 11) is 1.65. The molecule has 1 rings (SSSR count). The van der Waals surface area contributed by atoms with Crippen LogP contribution in [0.2, 0.25) is 0 Å². The van der Waals surface area contributed by atoms with Crippen molar-refractivity contribution >= 4 is 11.8 Å². The Labute approximate surface area is 102 Å². The van der Waals surface area contributed by atoms with Gasteiger partial charge in [-0.3, -0.25) is 0 Å². The second-order valence-electron chi connectivity index (χ2n) is 4.24. The molecule has 0 saturated heterocycles. The molecule has 4 heteroatoms. The van der Waals surface area contributed by atoms with Crippen molar-refractivity contribution in [3.63, 3.8) is 0 Å². The summed E-state index contributed by atoms with van der Waals surface area (Å²) in [6.07, 6.45) is 3.88. The van der Waals surface area contributed by atoms with E-state index in [0.717, 1.165) is 18.7 Å². The van der Waals surface area contributed by atoms with Crippen molar-refractivity contribution in [2.45, 2.75) is 25.1 Å². The summed E-state index contributed by atoms with van der Waals surface area (Å²) in [6, 6.07) is 3.96. The van der Waals surface area contributed by atoms with Gasteiger partial charge in [-0.05, 0) is 26.2 Å². The van der Waals surface area contributed by atoms with Gasteiger partial charge in [0.25, 0.3) is 0 Å². The molecule has 0 unspecified atom stereocenters. The average Bonchev–Trinajstić information content (AvgIpc) is 2.29. The number of rotatable bonds is 6. The molecule has 16 heavy (non-hydrogen) atoms. The Morgan fingerprint density at radius 3 is 2.88 bits per heavy atom. The van der Waals surface area contributed by atoms with E-state index in [4.69, 9.17) is 4.74 Å². The van der Waals surface area contributed by atoms with Crippen molar-refractivity contribution in [3.8, 4) is 5.88 Å². The maximum absolute atomic E-state index is 5.20. The van der Waals surface area contributed by atoms with Crippen LogP contribution in [0.25, 0.3) is 0 Å². The van der Waals surface area contributed by atoms with Crippen LogP contribution in [0.4, 0.5) is 0 Å². The molecule has 1 aromatic heterocycles. The lowest BCUT2D eigenvalue weighted by atomic mass is 10.2. The molecular formula is C12H20N2OS. The quantitative estimate of drug-likeness (QED) is 0.827. The minimum absolute atomic E-state index is 0.259. The monoisotopic (exact) mass is 240 g/mol. The van der Waals surface area contributed by atoms with Crippen LogP contribution in [0.3, 0.4) is 0 Å². The topological polar surface area (TPSA) is 34.1 Å². The zero-order valence-electron chi connectivity index (χ0n) is 10.4. The van der Waals surface area contributed by atoms with Crippen LogP contribution in [-0.4, -0.2) is 29.6 Å². The van der Waals surface area contributed by atoms with Gasteiger partial charge in [0.15, 0.2) is 0 Å². The second kappa shape index (κ2) is 6.11. The smallest absolute Gasteiger partial charge is 0.217 e. The molecule has 0 bridgehead atoms. The number of thioether (sulfide) groups is 1. The lowest BCUT2D eigenvalue weighted by Crippen LogP contribution is -2.31. The van der Waals surface area contributed by atoms with Crippen LogP contribution < -0.4 is 10.1 Å². The number of methoxy groups -OCH3 is 1. The lowest BCUT2D eigenvalue weighted by Gasteiger charge is -2.22. The van der Waals surface area contributed by atoms with Crippen LogP contribution in [0.15, 0.2) is 18.3 Å². The van der Waals surface area contributed by atoms with Crippen molar-refractivity contribution in [3.05, 3.63) is 23.9 Å². The molecule has 0 aliphatic rings. The highest BCUT2D eigenvalue weighted by Gasteiger charge is 2.15. The summed E-state index contributed by atoms with van der Waals surface area (Å²) in [4.78, 5) is 4.16. The number of nitrogens with zero attached hydrogens (tertiary/aromatic N) is 1. The van der Waals surface area contributed by atoms with Crippen molar-refractivity contribution in [1.29, 1.82) is 0 Å². The third kappa shape index (κ3) is 4.02. The molecule has 1 N–H and O–H groups in total. The van der Waals surface area contributed by atoms with E-state index >= 15 is 0 Å².